The average molecular weight is 386 g/mol. The molecule has 5 heteroatoms. The lowest BCUT2D eigenvalue weighted by Gasteiger charge is -2.16. The minimum atomic E-state index is -0.226. The van der Waals surface area contributed by atoms with Crippen LogP contribution in [0.2, 0.25) is 0 Å². The van der Waals surface area contributed by atoms with E-state index in [1.165, 1.54) is 0 Å². The first kappa shape index (κ1) is 18.7. The topological polar surface area (TPSA) is 58.6 Å². The second-order valence-electron chi connectivity index (χ2n) is 6.92. The molecule has 1 heterocycles. The number of nitrogens with one attached hydrogen (secondary N) is 1. The first-order valence-corrected chi connectivity index (χ1v) is 9.68. The van der Waals surface area contributed by atoms with Crippen LogP contribution in [0.1, 0.15) is 12.8 Å². The van der Waals surface area contributed by atoms with Gasteiger partial charge in [0, 0.05) is 24.3 Å². The Morgan fingerprint density at radius 2 is 1.59 bits per heavy atom. The van der Waals surface area contributed by atoms with Crippen molar-refractivity contribution < 1.29 is 14.3 Å². The summed E-state index contributed by atoms with van der Waals surface area (Å²) >= 11 is 0. The number of carbonyl (C=O) groups excluding carboxylic acids is 2. The summed E-state index contributed by atoms with van der Waals surface area (Å²) in [6, 6.07) is 25.0. The van der Waals surface area contributed by atoms with E-state index < -0.39 is 0 Å². The molecule has 1 N–H and O–H groups in total. The summed E-state index contributed by atoms with van der Waals surface area (Å²) < 4.78 is 5.56. The highest BCUT2D eigenvalue weighted by molar-refractivity contribution is 5.95. The first-order chi connectivity index (χ1) is 14.2. The van der Waals surface area contributed by atoms with Crippen molar-refractivity contribution in [2.45, 2.75) is 12.8 Å². The van der Waals surface area contributed by atoms with Gasteiger partial charge in [0.2, 0.25) is 5.91 Å². The molecule has 3 aromatic rings. The highest BCUT2D eigenvalue weighted by atomic mass is 16.5. The van der Waals surface area contributed by atoms with Gasteiger partial charge in [0.15, 0.2) is 6.61 Å². The van der Waals surface area contributed by atoms with Crippen LogP contribution in [0.3, 0.4) is 0 Å². The number of amides is 2. The zero-order valence-corrected chi connectivity index (χ0v) is 16.0. The van der Waals surface area contributed by atoms with Crippen LogP contribution in [-0.2, 0) is 9.59 Å². The number of nitrogens with zero attached hydrogens (tertiary/aromatic N) is 1. The lowest BCUT2D eigenvalue weighted by atomic mass is 10.1. The molecule has 0 unspecified atom stereocenters. The number of hydrogen-bond acceptors (Lipinski definition) is 3. The van der Waals surface area contributed by atoms with E-state index in [2.05, 4.69) is 5.32 Å². The molecule has 3 aromatic carbocycles. The van der Waals surface area contributed by atoms with E-state index in [1.807, 2.05) is 66.7 Å². The summed E-state index contributed by atoms with van der Waals surface area (Å²) in [5.74, 6) is 0.516. The van der Waals surface area contributed by atoms with Crippen LogP contribution in [0, 0.1) is 0 Å². The van der Waals surface area contributed by atoms with Gasteiger partial charge in [0.05, 0.1) is 0 Å². The maximum atomic E-state index is 12.2. The van der Waals surface area contributed by atoms with Crippen molar-refractivity contribution in [3.63, 3.8) is 0 Å². The molecule has 1 fully saturated rings. The Morgan fingerprint density at radius 3 is 2.24 bits per heavy atom. The largest absolute Gasteiger partial charge is 0.484 e. The van der Waals surface area contributed by atoms with Crippen LogP contribution in [0.5, 0.6) is 5.75 Å². The van der Waals surface area contributed by atoms with E-state index in [0.717, 1.165) is 35.5 Å². The minimum Gasteiger partial charge on any atom is -0.484 e. The molecule has 0 bridgehead atoms. The van der Waals surface area contributed by atoms with Gasteiger partial charge in [-0.25, -0.2) is 0 Å². The Kier molecular flexibility index (Phi) is 5.56. The Hall–Kier alpha value is -3.60. The number of carbonyl (C=O) groups is 2. The molecule has 2 amide bonds. The van der Waals surface area contributed by atoms with Gasteiger partial charge in [-0.3, -0.25) is 9.59 Å². The Balaban J connectivity index is 1.29. The van der Waals surface area contributed by atoms with Crippen LogP contribution in [0.25, 0.3) is 11.1 Å². The predicted octanol–water partition coefficient (Wildman–Crippen LogP) is 4.50. The van der Waals surface area contributed by atoms with Crippen molar-refractivity contribution in [2.75, 3.05) is 23.4 Å². The molecule has 1 saturated heterocycles. The maximum absolute atomic E-state index is 12.2. The number of rotatable bonds is 6. The molecular formula is C24H22N2O3. The predicted molar refractivity (Wildman–Crippen MR) is 114 cm³/mol. The van der Waals surface area contributed by atoms with Crippen LogP contribution in [-0.4, -0.2) is 25.0 Å². The lowest BCUT2D eigenvalue weighted by Crippen LogP contribution is -2.23. The van der Waals surface area contributed by atoms with Gasteiger partial charge in [-0.1, -0.05) is 42.5 Å². The van der Waals surface area contributed by atoms with Gasteiger partial charge in [-0.15, -0.1) is 0 Å². The normalized spacial score (nSPS) is 13.4. The fraction of sp³-hybridized carbons (Fsp3) is 0.167. The van der Waals surface area contributed by atoms with Crippen molar-refractivity contribution in [3.05, 3.63) is 78.9 Å². The molecule has 1 aliphatic rings. The lowest BCUT2D eigenvalue weighted by molar-refractivity contribution is -0.118. The summed E-state index contributed by atoms with van der Waals surface area (Å²) in [5.41, 5.74) is 3.81. The Labute approximate surface area is 169 Å². The molecule has 4 rings (SSSR count). The van der Waals surface area contributed by atoms with Crippen LogP contribution in [0.15, 0.2) is 78.9 Å². The number of anilines is 2. The number of benzene rings is 3. The average Bonchev–Trinajstić information content (AvgIpc) is 3.20. The molecule has 0 spiro atoms. The second-order valence-corrected chi connectivity index (χ2v) is 6.92. The standard InChI is InChI=1S/C24H22N2O3/c27-23(25-20-10-8-19(9-11-20)18-5-2-1-3-6-18)17-29-22-14-12-21(13-15-22)26-16-4-7-24(26)28/h1-3,5-6,8-15H,4,7,16-17H2,(H,25,27). The molecule has 0 aliphatic carbocycles. The van der Waals surface area contributed by atoms with Gasteiger partial charge in [0.25, 0.3) is 5.91 Å². The molecular weight excluding hydrogens is 364 g/mol. The van der Waals surface area contributed by atoms with E-state index in [1.54, 1.807) is 17.0 Å². The molecule has 29 heavy (non-hydrogen) atoms. The van der Waals surface area contributed by atoms with E-state index in [-0.39, 0.29) is 18.4 Å². The third-order valence-electron chi connectivity index (χ3n) is 4.87. The van der Waals surface area contributed by atoms with E-state index in [0.29, 0.717) is 12.2 Å². The first-order valence-electron chi connectivity index (χ1n) is 9.68. The Morgan fingerprint density at radius 1 is 0.897 bits per heavy atom. The van der Waals surface area contributed by atoms with Crippen molar-refractivity contribution in [1.29, 1.82) is 0 Å². The van der Waals surface area contributed by atoms with E-state index in [9.17, 15) is 9.59 Å². The third-order valence-corrected chi connectivity index (χ3v) is 4.87. The zero-order chi connectivity index (χ0) is 20.1. The fourth-order valence-corrected chi connectivity index (χ4v) is 3.37. The van der Waals surface area contributed by atoms with E-state index in [4.69, 9.17) is 4.74 Å². The smallest absolute Gasteiger partial charge is 0.262 e. The van der Waals surface area contributed by atoms with Crippen molar-refractivity contribution in [2.24, 2.45) is 0 Å². The zero-order valence-electron chi connectivity index (χ0n) is 16.0. The third kappa shape index (κ3) is 4.63. The van der Waals surface area contributed by atoms with Gasteiger partial charge in [-0.05, 0) is 53.9 Å². The van der Waals surface area contributed by atoms with Crippen LogP contribution >= 0.6 is 0 Å². The monoisotopic (exact) mass is 386 g/mol. The fourth-order valence-electron chi connectivity index (χ4n) is 3.37. The molecule has 5 nitrogen and oxygen atoms in total. The minimum absolute atomic E-state index is 0.0809. The summed E-state index contributed by atoms with van der Waals surface area (Å²) in [6.45, 7) is 0.674. The van der Waals surface area contributed by atoms with Crippen LogP contribution < -0.4 is 15.0 Å². The van der Waals surface area contributed by atoms with Gasteiger partial charge in [-0.2, -0.15) is 0 Å². The molecule has 0 aromatic heterocycles. The van der Waals surface area contributed by atoms with Gasteiger partial charge < -0.3 is 15.0 Å². The molecule has 1 aliphatic heterocycles. The molecule has 0 atom stereocenters. The second kappa shape index (κ2) is 8.61. The van der Waals surface area contributed by atoms with Crippen LogP contribution in [0.4, 0.5) is 11.4 Å². The molecule has 0 saturated carbocycles. The highest BCUT2D eigenvalue weighted by Gasteiger charge is 2.21. The quantitative estimate of drug-likeness (QED) is 0.679. The van der Waals surface area contributed by atoms with E-state index >= 15 is 0 Å². The van der Waals surface area contributed by atoms with Crippen molar-refractivity contribution in [1.82, 2.24) is 0 Å². The van der Waals surface area contributed by atoms with Gasteiger partial charge in [0.1, 0.15) is 5.75 Å². The maximum Gasteiger partial charge on any atom is 0.262 e. The molecule has 146 valence electrons. The highest BCUT2D eigenvalue weighted by Crippen LogP contribution is 2.24. The number of ether oxygens (including phenoxy) is 1. The van der Waals surface area contributed by atoms with Gasteiger partial charge >= 0.3 is 0 Å². The van der Waals surface area contributed by atoms with Crippen molar-refractivity contribution >= 4 is 23.2 Å². The summed E-state index contributed by atoms with van der Waals surface area (Å²) in [6.07, 6.45) is 1.49. The summed E-state index contributed by atoms with van der Waals surface area (Å²) in [4.78, 5) is 25.7. The SMILES string of the molecule is O=C(COc1ccc(N2CCCC2=O)cc1)Nc1ccc(-c2ccccc2)cc1. The summed E-state index contributed by atoms with van der Waals surface area (Å²) in [7, 11) is 0. The Bertz CT molecular complexity index is 983. The summed E-state index contributed by atoms with van der Waals surface area (Å²) in [5, 5.41) is 2.84. The van der Waals surface area contributed by atoms with Crippen molar-refractivity contribution in [3.8, 4) is 16.9 Å². The molecule has 0 radical (unpaired) electrons. The number of hydrogen-bond donors (Lipinski definition) is 1.